The number of aliphatic carboxylic acids is 1. The van der Waals surface area contributed by atoms with E-state index in [9.17, 15) is 9.59 Å². The lowest BCUT2D eigenvalue weighted by Crippen LogP contribution is -2.46. The molecule has 0 radical (unpaired) electrons. The molecule has 0 spiro atoms. The first-order valence-corrected chi connectivity index (χ1v) is 5.84. The number of carboxylic acids is 1. The highest BCUT2D eigenvalue weighted by Crippen LogP contribution is 2.36. The predicted octanol–water partition coefficient (Wildman–Crippen LogP) is 1.68. The van der Waals surface area contributed by atoms with Gasteiger partial charge >= 0.3 is 5.97 Å². The number of fused-ring (bicyclic) bond motifs is 1. The Kier molecular flexibility index (Phi) is 3.06. The van der Waals surface area contributed by atoms with Gasteiger partial charge in [-0.05, 0) is 28.1 Å². The van der Waals surface area contributed by atoms with Crippen molar-refractivity contribution >= 4 is 39.2 Å². The van der Waals surface area contributed by atoms with Gasteiger partial charge in [0.1, 0.15) is 6.04 Å². The number of carboxylic acid groups (broad SMARTS) is 1. The van der Waals surface area contributed by atoms with Gasteiger partial charge in [0.2, 0.25) is 5.91 Å². The first-order valence-electron chi connectivity index (χ1n) is 5.05. The molecule has 0 bridgehead atoms. The Hall–Kier alpha value is -1.56. The van der Waals surface area contributed by atoms with Gasteiger partial charge in [0.05, 0.1) is 17.8 Å². The van der Waals surface area contributed by atoms with E-state index in [0.29, 0.717) is 0 Å². The van der Waals surface area contributed by atoms with Crippen LogP contribution in [0.25, 0.3) is 0 Å². The second-order valence-electron chi connectivity index (χ2n) is 3.83. The van der Waals surface area contributed by atoms with Gasteiger partial charge in [0.15, 0.2) is 0 Å². The molecule has 2 N–H and O–H groups in total. The largest absolute Gasteiger partial charge is 0.481 e. The molecule has 5 nitrogen and oxygen atoms in total. The highest BCUT2D eigenvalue weighted by molar-refractivity contribution is 9.10. The van der Waals surface area contributed by atoms with E-state index in [2.05, 4.69) is 21.2 Å². The number of nitrogens with zero attached hydrogens (tertiary/aromatic N) is 1. The van der Waals surface area contributed by atoms with Gasteiger partial charge in [0.25, 0.3) is 0 Å². The first kappa shape index (κ1) is 11.9. The molecular weight excluding hydrogens is 288 g/mol. The van der Waals surface area contributed by atoms with Crippen molar-refractivity contribution in [2.75, 3.05) is 17.3 Å². The summed E-state index contributed by atoms with van der Waals surface area (Å²) in [6.45, 7) is 0. The number of nitrogens with one attached hydrogen (secondary N) is 1. The fourth-order valence-corrected chi connectivity index (χ4v) is 2.31. The van der Waals surface area contributed by atoms with Crippen molar-refractivity contribution in [2.45, 2.75) is 12.5 Å². The second-order valence-corrected chi connectivity index (χ2v) is 4.68. The van der Waals surface area contributed by atoms with Crippen molar-refractivity contribution in [1.82, 2.24) is 0 Å². The number of halogens is 1. The summed E-state index contributed by atoms with van der Waals surface area (Å²) in [5, 5.41) is 11.7. The Morgan fingerprint density at radius 3 is 2.94 bits per heavy atom. The van der Waals surface area contributed by atoms with E-state index >= 15 is 0 Å². The van der Waals surface area contributed by atoms with Crippen LogP contribution >= 0.6 is 15.9 Å². The van der Waals surface area contributed by atoms with Crippen LogP contribution in [0.3, 0.4) is 0 Å². The van der Waals surface area contributed by atoms with Crippen molar-refractivity contribution in [3.05, 3.63) is 22.7 Å². The normalized spacial score (nSPS) is 18.6. The molecule has 1 unspecified atom stereocenters. The van der Waals surface area contributed by atoms with E-state index in [0.717, 1.165) is 15.8 Å². The predicted molar refractivity (Wildman–Crippen MR) is 67.2 cm³/mol. The van der Waals surface area contributed by atoms with Gasteiger partial charge in [-0.1, -0.05) is 6.07 Å². The number of carbonyl (C=O) groups excluding carboxylic acids is 1. The smallest absolute Gasteiger partial charge is 0.305 e. The Morgan fingerprint density at radius 1 is 1.59 bits per heavy atom. The fraction of sp³-hybridized carbons (Fsp3) is 0.273. The second kappa shape index (κ2) is 4.37. The number of carbonyl (C=O) groups is 2. The van der Waals surface area contributed by atoms with Gasteiger partial charge < -0.3 is 15.3 Å². The number of likely N-dealkylation sites (N-methyl/N-ethyl adjacent to an activating group) is 1. The monoisotopic (exact) mass is 298 g/mol. The summed E-state index contributed by atoms with van der Waals surface area (Å²) in [5.74, 6) is -1.24. The fourth-order valence-electron chi connectivity index (χ4n) is 1.84. The Bertz CT molecular complexity index is 490. The number of para-hydroxylation sites is 1. The lowest BCUT2D eigenvalue weighted by Gasteiger charge is -2.32. The number of anilines is 2. The molecule has 1 heterocycles. The van der Waals surface area contributed by atoms with Crippen molar-refractivity contribution in [3.8, 4) is 0 Å². The zero-order chi connectivity index (χ0) is 12.6. The summed E-state index contributed by atoms with van der Waals surface area (Å²) >= 11 is 3.38. The van der Waals surface area contributed by atoms with Crippen molar-refractivity contribution in [1.29, 1.82) is 0 Å². The molecule has 1 atom stereocenters. The molecule has 6 heteroatoms. The molecule has 0 saturated heterocycles. The quantitative estimate of drug-likeness (QED) is 0.871. The number of rotatable bonds is 2. The molecule has 1 amide bonds. The van der Waals surface area contributed by atoms with E-state index in [1.807, 2.05) is 18.2 Å². The van der Waals surface area contributed by atoms with E-state index in [1.165, 1.54) is 4.90 Å². The molecule has 2 rings (SSSR count). The van der Waals surface area contributed by atoms with Gasteiger partial charge in [0, 0.05) is 11.5 Å². The van der Waals surface area contributed by atoms with Gasteiger partial charge in [-0.15, -0.1) is 0 Å². The summed E-state index contributed by atoms with van der Waals surface area (Å²) in [6, 6.07) is 4.75. The van der Waals surface area contributed by atoms with Crippen molar-refractivity contribution in [3.63, 3.8) is 0 Å². The van der Waals surface area contributed by atoms with Crippen LogP contribution in [-0.2, 0) is 9.59 Å². The number of benzene rings is 1. The Balaban J connectivity index is 2.39. The zero-order valence-electron chi connectivity index (χ0n) is 9.11. The van der Waals surface area contributed by atoms with Crippen LogP contribution in [0.2, 0.25) is 0 Å². The minimum atomic E-state index is -1.00. The molecule has 0 saturated carbocycles. The molecular formula is C11H11BrN2O3. The Labute approximate surface area is 107 Å². The minimum absolute atomic E-state index is 0.232. The molecule has 0 aliphatic carbocycles. The number of amides is 1. The van der Waals surface area contributed by atoms with E-state index in [-0.39, 0.29) is 12.3 Å². The van der Waals surface area contributed by atoms with E-state index in [1.54, 1.807) is 7.05 Å². The summed E-state index contributed by atoms with van der Waals surface area (Å²) in [4.78, 5) is 24.1. The topological polar surface area (TPSA) is 69.6 Å². The molecule has 1 aromatic carbocycles. The van der Waals surface area contributed by atoms with E-state index in [4.69, 9.17) is 5.11 Å². The summed E-state index contributed by atoms with van der Waals surface area (Å²) in [5.41, 5.74) is 1.49. The minimum Gasteiger partial charge on any atom is -0.481 e. The molecule has 1 aliphatic heterocycles. The van der Waals surface area contributed by atoms with Crippen LogP contribution in [0.4, 0.5) is 11.4 Å². The van der Waals surface area contributed by atoms with Crippen LogP contribution in [0.15, 0.2) is 22.7 Å². The number of hydrogen-bond acceptors (Lipinski definition) is 3. The van der Waals surface area contributed by atoms with E-state index < -0.39 is 12.0 Å². The summed E-state index contributed by atoms with van der Waals surface area (Å²) in [7, 11) is 1.64. The first-order chi connectivity index (χ1) is 8.00. The Morgan fingerprint density at radius 2 is 2.29 bits per heavy atom. The van der Waals surface area contributed by atoms with Crippen LogP contribution in [0.1, 0.15) is 6.42 Å². The summed E-state index contributed by atoms with van der Waals surface area (Å²) < 4.78 is 0.810. The third kappa shape index (κ3) is 2.12. The SMILES string of the molecule is CN1C(=O)C(CC(=O)O)Nc2c(Br)cccc21. The number of hydrogen-bond donors (Lipinski definition) is 2. The molecule has 0 fully saturated rings. The average molecular weight is 299 g/mol. The van der Waals surface area contributed by atoms with Gasteiger partial charge in [-0.3, -0.25) is 9.59 Å². The van der Waals surface area contributed by atoms with Crippen molar-refractivity contribution in [2.24, 2.45) is 0 Å². The lowest BCUT2D eigenvalue weighted by molar-refractivity contribution is -0.138. The van der Waals surface area contributed by atoms with Crippen LogP contribution in [-0.4, -0.2) is 30.1 Å². The highest BCUT2D eigenvalue weighted by Gasteiger charge is 2.32. The molecule has 1 aliphatic rings. The van der Waals surface area contributed by atoms with Crippen LogP contribution < -0.4 is 10.2 Å². The maximum absolute atomic E-state index is 11.9. The third-order valence-corrected chi connectivity index (χ3v) is 3.34. The van der Waals surface area contributed by atoms with Gasteiger partial charge in [-0.25, -0.2) is 0 Å². The standard InChI is InChI=1S/C11H11BrN2O3/c1-14-8-4-2-3-6(12)10(8)13-7(11(14)17)5-9(15)16/h2-4,7,13H,5H2,1H3,(H,15,16). The average Bonchev–Trinajstić information content (AvgIpc) is 2.26. The summed E-state index contributed by atoms with van der Waals surface area (Å²) in [6.07, 6.45) is -0.232. The van der Waals surface area contributed by atoms with Crippen molar-refractivity contribution < 1.29 is 14.7 Å². The van der Waals surface area contributed by atoms with Crippen LogP contribution in [0.5, 0.6) is 0 Å². The molecule has 17 heavy (non-hydrogen) atoms. The molecule has 90 valence electrons. The van der Waals surface area contributed by atoms with Crippen LogP contribution in [0, 0.1) is 0 Å². The molecule has 0 aromatic heterocycles. The van der Waals surface area contributed by atoms with Gasteiger partial charge in [-0.2, -0.15) is 0 Å². The zero-order valence-corrected chi connectivity index (χ0v) is 10.7. The maximum atomic E-state index is 11.9. The lowest BCUT2D eigenvalue weighted by atomic mass is 10.1. The maximum Gasteiger partial charge on any atom is 0.305 e. The highest BCUT2D eigenvalue weighted by atomic mass is 79.9. The third-order valence-electron chi connectivity index (χ3n) is 2.68. The molecule has 1 aromatic rings.